The molecule has 0 saturated carbocycles. The minimum absolute atomic E-state index is 0.403. The summed E-state index contributed by atoms with van der Waals surface area (Å²) in [6.45, 7) is 7.94. The van der Waals surface area contributed by atoms with Crippen molar-refractivity contribution in [3.05, 3.63) is 103 Å². The van der Waals surface area contributed by atoms with Crippen molar-refractivity contribution in [1.82, 2.24) is 14.7 Å². The van der Waals surface area contributed by atoms with E-state index in [2.05, 4.69) is 45.3 Å². The van der Waals surface area contributed by atoms with Crippen molar-refractivity contribution >= 4 is 23.5 Å². The lowest BCUT2D eigenvalue weighted by atomic mass is 10.1. The van der Waals surface area contributed by atoms with Crippen LogP contribution in [0.3, 0.4) is 0 Å². The molecule has 3 aromatic rings. The predicted molar refractivity (Wildman–Crippen MR) is 132 cm³/mol. The fourth-order valence-corrected chi connectivity index (χ4v) is 3.40. The van der Waals surface area contributed by atoms with Crippen LogP contribution in [0.2, 0.25) is 0 Å². The number of para-hydroxylation sites is 1. The second-order valence-corrected chi connectivity index (χ2v) is 7.56. The summed E-state index contributed by atoms with van der Waals surface area (Å²) in [5.41, 5.74) is 4.83. The molecule has 0 fully saturated rings. The molecule has 0 aliphatic heterocycles. The van der Waals surface area contributed by atoms with Crippen LogP contribution in [0.1, 0.15) is 5.56 Å². The Bertz CT molecular complexity index is 1060. The molecule has 31 heavy (non-hydrogen) atoms. The summed E-state index contributed by atoms with van der Waals surface area (Å²) in [5, 5.41) is 3.37. The van der Waals surface area contributed by atoms with E-state index in [-0.39, 0.29) is 0 Å². The third kappa shape index (κ3) is 6.57. The molecule has 3 rings (SSSR count). The first kappa shape index (κ1) is 22.3. The Morgan fingerprint density at radius 1 is 1.10 bits per heavy atom. The van der Waals surface area contributed by atoms with Gasteiger partial charge >= 0.3 is 0 Å². The number of hydrogen-bond acceptors (Lipinski definition) is 6. The van der Waals surface area contributed by atoms with Gasteiger partial charge in [-0.3, -0.25) is 4.72 Å². The summed E-state index contributed by atoms with van der Waals surface area (Å²) in [6, 6.07) is 18.0. The first-order chi connectivity index (χ1) is 15.2. The van der Waals surface area contributed by atoms with Gasteiger partial charge in [-0.05, 0) is 42.4 Å². The van der Waals surface area contributed by atoms with Gasteiger partial charge in [-0.2, -0.15) is 0 Å². The molecule has 2 aromatic carbocycles. The topological polar surface area (TPSA) is 59.1 Å². The molecule has 0 bridgehead atoms. The van der Waals surface area contributed by atoms with Crippen molar-refractivity contribution in [3.63, 3.8) is 0 Å². The highest BCUT2D eigenvalue weighted by Crippen LogP contribution is 2.30. The Balaban J connectivity index is 1.80. The molecule has 0 spiro atoms. The standard InChI is InChI=1S/C25H26N4OS/c1-4-9-19(5-2)16-30-24-13-7-6-12-22(24)23-15-25(28-18-27-23)29-21-11-8-10-20(14-21)17-31-26-3/h4-15,18,26H,1-2,16-17H2,3H3,(H,27,28,29)/b19-9+. The lowest BCUT2D eigenvalue weighted by molar-refractivity contribution is 0.357. The molecule has 0 amide bonds. The lowest BCUT2D eigenvalue weighted by Gasteiger charge is -2.13. The van der Waals surface area contributed by atoms with Crippen LogP contribution in [-0.2, 0) is 5.75 Å². The van der Waals surface area contributed by atoms with Crippen LogP contribution >= 0.6 is 11.9 Å². The van der Waals surface area contributed by atoms with E-state index >= 15 is 0 Å². The second-order valence-electron chi connectivity index (χ2n) is 6.57. The largest absolute Gasteiger partial charge is 0.488 e. The van der Waals surface area contributed by atoms with Gasteiger partial charge in [0.25, 0.3) is 0 Å². The minimum Gasteiger partial charge on any atom is -0.488 e. The highest BCUT2D eigenvalue weighted by molar-refractivity contribution is 7.96. The van der Waals surface area contributed by atoms with E-state index in [1.807, 2.05) is 55.6 Å². The zero-order valence-electron chi connectivity index (χ0n) is 17.5. The fourth-order valence-electron chi connectivity index (χ4n) is 2.91. The molecule has 1 aromatic heterocycles. The third-order valence-electron chi connectivity index (χ3n) is 4.40. The molecule has 158 valence electrons. The smallest absolute Gasteiger partial charge is 0.134 e. The van der Waals surface area contributed by atoms with Gasteiger partial charge in [-0.15, -0.1) is 0 Å². The average molecular weight is 431 g/mol. The van der Waals surface area contributed by atoms with Crippen LogP contribution in [0.15, 0.2) is 97.9 Å². The van der Waals surface area contributed by atoms with Crippen LogP contribution in [0.4, 0.5) is 11.5 Å². The number of aromatic nitrogens is 2. The van der Waals surface area contributed by atoms with Gasteiger partial charge in [0, 0.05) is 23.1 Å². The monoisotopic (exact) mass is 430 g/mol. The van der Waals surface area contributed by atoms with Crippen molar-refractivity contribution in [3.8, 4) is 17.0 Å². The SMILES string of the molecule is C=C/C=C(\C=C)COc1ccccc1-c1cc(Nc2cccc(CSNC)c2)ncn1. The van der Waals surface area contributed by atoms with Crippen molar-refractivity contribution in [2.75, 3.05) is 19.0 Å². The van der Waals surface area contributed by atoms with E-state index in [4.69, 9.17) is 4.74 Å². The quantitative estimate of drug-likeness (QED) is 0.290. The van der Waals surface area contributed by atoms with Crippen molar-refractivity contribution in [1.29, 1.82) is 0 Å². The van der Waals surface area contributed by atoms with Gasteiger partial charge < -0.3 is 10.1 Å². The number of allylic oxidation sites excluding steroid dienone is 2. The summed E-state index contributed by atoms with van der Waals surface area (Å²) >= 11 is 1.66. The number of ether oxygens (including phenoxy) is 1. The van der Waals surface area contributed by atoms with E-state index in [1.165, 1.54) is 5.56 Å². The molecule has 5 nitrogen and oxygen atoms in total. The van der Waals surface area contributed by atoms with E-state index in [1.54, 1.807) is 30.4 Å². The Kier molecular flexibility index (Phi) is 8.46. The molecule has 0 aliphatic carbocycles. The van der Waals surface area contributed by atoms with Gasteiger partial charge in [-0.25, -0.2) is 9.97 Å². The number of nitrogens with one attached hydrogen (secondary N) is 2. The summed E-state index contributed by atoms with van der Waals surface area (Å²) in [7, 11) is 1.92. The molecule has 0 atom stereocenters. The molecule has 0 aliphatic rings. The summed E-state index contributed by atoms with van der Waals surface area (Å²) in [5.74, 6) is 2.35. The maximum atomic E-state index is 6.03. The lowest BCUT2D eigenvalue weighted by Crippen LogP contribution is -2.01. The van der Waals surface area contributed by atoms with E-state index < -0.39 is 0 Å². The minimum atomic E-state index is 0.403. The molecule has 1 heterocycles. The van der Waals surface area contributed by atoms with Crippen LogP contribution in [0, 0.1) is 0 Å². The molecule has 2 N–H and O–H groups in total. The van der Waals surface area contributed by atoms with Crippen LogP contribution in [0.25, 0.3) is 11.3 Å². The maximum absolute atomic E-state index is 6.03. The molecule has 0 saturated heterocycles. The first-order valence-corrected chi connectivity index (χ1v) is 10.8. The van der Waals surface area contributed by atoms with E-state index in [0.29, 0.717) is 6.61 Å². The highest BCUT2D eigenvalue weighted by Gasteiger charge is 2.09. The van der Waals surface area contributed by atoms with Crippen LogP contribution < -0.4 is 14.8 Å². The molecular formula is C25H26N4OS. The second kappa shape index (κ2) is 11.7. The summed E-state index contributed by atoms with van der Waals surface area (Å²) in [6.07, 6.45) is 6.93. The molecule has 6 heteroatoms. The Labute approximate surface area is 188 Å². The number of rotatable bonds is 11. The maximum Gasteiger partial charge on any atom is 0.134 e. The Hall–Kier alpha value is -3.35. The average Bonchev–Trinajstić information content (AvgIpc) is 2.81. The Morgan fingerprint density at radius 2 is 1.97 bits per heavy atom. The first-order valence-electron chi connectivity index (χ1n) is 9.86. The van der Waals surface area contributed by atoms with Crippen LogP contribution in [0.5, 0.6) is 5.75 Å². The normalized spacial score (nSPS) is 11.1. The molecular weight excluding hydrogens is 404 g/mol. The summed E-state index contributed by atoms with van der Waals surface area (Å²) in [4.78, 5) is 8.84. The molecule has 0 radical (unpaired) electrons. The Morgan fingerprint density at radius 3 is 2.77 bits per heavy atom. The number of hydrogen-bond donors (Lipinski definition) is 2. The third-order valence-corrected chi connectivity index (χ3v) is 5.17. The highest BCUT2D eigenvalue weighted by atomic mass is 32.2. The predicted octanol–water partition coefficient (Wildman–Crippen LogP) is 5.93. The zero-order valence-corrected chi connectivity index (χ0v) is 18.4. The number of benzene rings is 2. The van der Waals surface area contributed by atoms with Crippen molar-refractivity contribution in [2.24, 2.45) is 0 Å². The number of anilines is 2. The van der Waals surface area contributed by atoms with Gasteiger partial charge in [-0.1, -0.05) is 67.6 Å². The number of nitrogens with zero attached hydrogens (tertiary/aromatic N) is 2. The van der Waals surface area contributed by atoms with E-state index in [9.17, 15) is 0 Å². The van der Waals surface area contributed by atoms with Gasteiger partial charge in [0.2, 0.25) is 0 Å². The van der Waals surface area contributed by atoms with Gasteiger partial charge in [0.1, 0.15) is 24.5 Å². The zero-order chi connectivity index (χ0) is 21.9. The van der Waals surface area contributed by atoms with Gasteiger partial charge in [0.15, 0.2) is 0 Å². The van der Waals surface area contributed by atoms with E-state index in [0.717, 1.165) is 39.8 Å². The summed E-state index contributed by atoms with van der Waals surface area (Å²) < 4.78 is 9.13. The molecule has 0 unspecified atom stereocenters. The van der Waals surface area contributed by atoms with Crippen molar-refractivity contribution < 1.29 is 4.74 Å². The fraction of sp³-hybridized carbons (Fsp3) is 0.120. The van der Waals surface area contributed by atoms with Gasteiger partial charge in [0.05, 0.1) is 5.69 Å². The van der Waals surface area contributed by atoms with Crippen LogP contribution in [-0.4, -0.2) is 23.6 Å². The van der Waals surface area contributed by atoms with Crippen molar-refractivity contribution in [2.45, 2.75) is 5.75 Å².